The van der Waals surface area contributed by atoms with Crippen LogP contribution in [-0.4, -0.2) is 22.4 Å². The lowest BCUT2D eigenvalue weighted by molar-refractivity contribution is 0.296. The average Bonchev–Trinajstić information content (AvgIpc) is 3.25. The first-order valence-electron chi connectivity index (χ1n) is 8.56. The number of hydrogen-bond donors (Lipinski definition) is 1. The normalized spacial score (nSPS) is 26.8. The Hall–Kier alpha value is -0.540. The standard InChI is InChI=1S/C17H28ClN3/c1-12-16(17(18)21(2)20-12)10-13-6-4-3-5-7-14(13)11-19-15-8-9-15/h13-15,19H,3-11H2,1-2H3. The fraction of sp³-hybridized carbons (Fsp3) is 0.824. The minimum atomic E-state index is 0.763. The van der Waals surface area contributed by atoms with Gasteiger partial charge in [0.15, 0.2) is 0 Å². The van der Waals surface area contributed by atoms with E-state index in [2.05, 4.69) is 17.3 Å². The number of aromatic nitrogens is 2. The number of rotatable bonds is 5. The quantitative estimate of drug-likeness (QED) is 0.837. The van der Waals surface area contributed by atoms with Gasteiger partial charge >= 0.3 is 0 Å². The number of nitrogens with zero attached hydrogens (tertiary/aromatic N) is 2. The molecule has 2 aliphatic rings. The van der Waals surface area contributed by atoms with E-state index in [1.807, 2.05) is 11.7 Å². The van der Waals surface area contributed by atoms with Gasteiger partial charge in [-0.05, 0) is 57.4 Å². The molecule has 2 aliphatic carbocycles. The van der Waals surface area contributed by atoms with Gasteiger partial charge in [-0.3, -0.25) is 4.68 Å². The molecule has 2 atom stereocenters. The van der Waals surface area contributed by atoms with E-state index in [0.29, 0.717) is 0 Å². The summed E-state index contributed by atoms with van der Waals surface area (Å²) in [7, 11) is 1.94. The molecule has 21 heavy (non-hydrogen) atoms. The van der Waals surface area contributed by atoms with Gasteiger partial charge in [-0.15, -0.1) is 0 Å². The maximum atomic E-state index is 6.44. The van der Waals surface area contributed by atoms with Gasteiger partial charge in [-0.1, -0.05) is 30.9 Å². The Balaban J connectivity index is 1.69. The number of aryl methyl sites for hydroxylation is 2. The maximum absolute atomic E-state index is 6.44. The summed E-state index contributed by atoms with van der Waals surface area (Å²) < 4.78 is 1.82. The van der Waals surface area contributed by atoms with Gasteiger partial charge in [0.05, 0.1) is 5.69 Å². The van der Waals surface area contributed by atoms with E-state index in [4.69, 9.17) is 11.6 Å². The van der Waals surface area contributed by atoms with E-state index in [1.54, 1.807) is 0 Å². The highest BCUT2D eigenvalue weighted by atomic mass is 35.5. The van der Waals surface area contributed by atoms with Crippen LogP contribution in [0.1, 0.15) is 56.2 Å². The van der Waals surface area contributed by atoms with Crippen molar-refractivity contribution in [3.63, 3.8) is 0 Å². The van der Waals surface area contributed by atoms with Gasteiger partial charge in [-0.2, -0.15) is 5.10 Å². The molecule has 0 aromatic carbocycles. The van der Waals surface area contributed by atoms with Crippen molar-refractivity contribution in [1.82, 2.24) is 15.1 Å². The second kappa shape index (κ2) is 6.70. The molecule has 1 aromatic rings. The molecule has 0 amide bonds. The molecule has 2 fully saturated rings. The smallest absolute Gasteiger partial charge is 0.130 e. The first-order valence-corrected chi connectivity index (χ1v) is 8.94. The second-order valence-corrected chi connectivity index (χ2v) is 7.38. The molecule has 1 aromatic heterocycles. The van der Waals surface area contributed by atoms with Crippen LogP contribution in [0.3, 0.4) is 0 Å². The molecule has 0 aliphatic heterocycles. The zero-order valence-electron chi connectivity index (χ0n) is 13.4. The fourth-order valence-electron chi connectivity index (χ4n) is 3.77. The molecule has 1 N–H and O–H groups in total. The van der Waals surface area contributed by atoms with Gasteiger partial charge in [0, 0.05) is 18.7 Å². The topological polar surface area (TPSA) is 29.9 Å². The Morgan fingerprint density at radius 3 is 2.48 bits per heavy atom. The molecule has 0 radical (unpaired) electrons. The second-order valence-electron chi connectivity index (χ2n) is 7.02. The summed E-state index contributed by atoms with van der Waals surface area (Å²) in [4.78, 5) is 0. The maximum Gasteiger partial charge on any atom is 0.130 e. The van der Waals surface area contributed by atoms with Gasteiger partial charge in [-0.25, -0.2) is 0 Å². The third kappa shape index (κ3) is 3.81. The Bertz CT molecular complexity index is 479. The van der Waals surface area contributed by atoms with E-state index in [0.717, 1.165) is 35.1 Å². The zero-order chi connectivity index (χ0) is 14.8. The molecular weight excluding hydrogens is 282 g/mol. The average molecular weight is 310 g/mol. The van der Waals surface area contributed by atoms with Crippen LogP contribution in [0.2, 0.25) is 5.15 Å². The minimum Gasteiger partial charge on any atom is -0.314 e. The largest absolute Gasteiger partial charge is 0.314 e. The summed E-state index contributed by atoms with van der Waals surface area (Å²) in [5.74, 6) is 1.57. The summed E-state index contributed by atoms with van der Waals surface area (Å²) in [5.41, 5.74) is 2.39. The molecule has 118 valence electrons. The number of halogens is 1. The van der Waals surface area contributed by atoms with Crippen LogP contribution in [0, 0.1) is 18.8 Å². The van der Waals surface area contributed by atoms with Crippen LogP contribution in [0.5, 0.6) is 0 Å². The van der Waals surface area contributed by atoms with Crippen LogP contribution in [0.15, 0.2) is 0 Å². The van der Waals surface area contributed by atoms with Crippen molar-refractivity contribution in [2.45, 2.75) is 64.3 Å². The van der Waals surface area contributed by atoms with Crippen LogP contribution >= 0.6 is 11.6 Å². The summed E-state index contributed by atoms with van der Waals surface area (Å²) >= 11 is 6.44. The van der Waals surface area contributed by atoms with Crippen molar-refractivity contribution in [2.75, 3.05) is 6.54 Å². The molecular formula is C17H28ClN3. The Kier molecular flexibility index (Phi) is 4.90. The molecule has 0 bridgehead atoms. The molecule has 0 saturated heterocycles. The minimum absolute atomic E-state index is 0.763. The third-order valence-corrected chi connectivity index (χ3v) is 5.77. The highest BCUT2D eigenvalue weighted by molar-refractivity contribution is 6.30. The van der Waals surface area contributed by atoms with Crippen molar-refractivity contribution in [1.29, 1.82) is 0 Å². The molecule has 1 heterocycles. The highest BCUT2D eigenvalue weighted by Gasteiger charge is 2.28. The zero-order valence-corrected chi connectivity index (χ0v) is 14.1. The van der Waals surface area contributed by atoms with E-state index >= 15 is 0 Å². The van der Waals surface area contributed by atoms with E-state index in [1.165, 1.54) is 57.1 Å². The lowest BCUT2D eigenvalue weighted by Crippen LogP contribution is -2.30. The fourth-order valence-corrected chi connectivity index (χ4v) is 4.02. The monoisotopic (exact) mass is 309 g/mol. The van der Waals surface area contributed by atoms with E-state index < -0.39 is 0 Å². The summed E-state index contributed by atoms with van der Waals surface area (Å²) in [6.07, 6.45) is 10.8. The summed E-state index contributed by atoms with van der Waals surface area (Å²) in [5, 5.41) is 9.07. The molecule has 0 spiro atoms. The predicted octanol–water partition coefficient (Wildman–Crippen LogP) is 3.87. The van der Waals surface area contributed by atoms with Gasteiger partial charge in [0.2, 0.25) is 0 Å². The van der Waals surface area contributed by atoms with Crippen molar-refractivity contribution < 1.29 is 0 Å². The van der Waals surface area contributed by atoms with Gasteiger partial charge in [0.1, 0.15) is 5.15 Å². The first-order chi connectivity index (χ1) is 10.1. The van der Waals surface area contributed by atoms with Crippen LogP contribution in [-0.2, 0) is 13.5 Å². The van der Waals surface area contributed by atoms with E-state index in [9.17, 15) is 0 Å². The van der Waals surface area contributed by atoms with Crippen molar-refractivity contribution >= 4 is 11.6 Å². The molecule has 4 heteroatoms. The Morgan fingerprint density at radius 2 is 1.86 bits per heavy atom. The molecule has 2 unspecified atom stereocenters. The number of nitrogens with one attached hydrogen (secondary N) is 1. The van der Waals surface area contributed by atoms with Crippen molar-refractivity contribution in [3.05, 3.63) is 16.4 Å². The van der Waals surface area contributed by atoms with Gasteiger partial charge in [0.25, 0.3) is 0 Å². The Morgan fingerprint density at radius 1 is 1.14 bits per heavy atom. The number of hydrogen-bond acceptors (Lipinski definition) is 2. The van der Waals surface area contributed by atoms with Crippen LogP contribution in [0.25, 0.3) is 0 Å². The SMILES string of the molecule is Cc1nn(C)c(Cl)c1CC1CCCCCC1CNC1CC1. The summed E-state index contributed by atoms with van der Waals surface area (Å²) in [6.45, 7) is 3.29. The van der Waals surface area contributed by atoms with Crippen LogP contribution < -0.4 is 5.32 Å². The lowest BCUT2D eigenvalue weighted by Gasteiger charge is -2.25. The van der Waals surface area contributed by atoms with Crippen molar-refractivity contribution in [3.8, 4) is 0 Å². The van der Waals surface area contributed by atoms with E-state index in [-0.39, 0.29) is 0 Å². The summed E-state index contributed by atoms with van der Waals surface area (Å²) in [6, 6.07) is 0.817. The van der Waals surface area contributed by atoms with Crippen LogP contribution in [0.4, 0.5) is 0 Å². The third-order valence-electron chi connectivity index (χ3n) is 5.30. The highest BCUT2D eigenvalue weighted by Crippen LogP contribution is 2.34. The predicted molar refractivity (Wildman–Crippen MR) is 87.7 cm³/mol. The molecule has 2 saturated carbocycles. The lowest BCUT2D eigenvalue weighted by atomic mass is 9.83. The Labute approximate surface area is 133 Å². The molecule has 3 rings (SSSR count). The molecule has 3 nitrogen and oxygen atoms in total. The van der Waals surface area contributed by atoms with Gasteiger partial charge < -0.3 is 5.32 Å². The first kappa shape index (κ1) is 15.4. The van der Waals surface area contributed by atoms with Crippen molar-refractivity contribution in [2.24, 2.45) is 18.9 Å².